The van der Waals surface area contributed by atoms with Crippen LogP contribution in [0.25, 0.3) is 0 Å². The van der Waals surface area contributed by atoms with Crippen molar-refractivity contribution < 1.29 is 23.2 Å². The highest BCUT2D eigenvalue weighted by Gasteiger charge is 2.32. The number of nitro groups is 1. The molecule has 1 fully saturated rings. The molecule has 1 aliphatic carbocycles. The summed E-state index contributed by atoms with van der Waals surface area (Å²) in [5.41, 5.74) is -1.48. The molecule has 0 spiro atoms. The first-order valence-corrected chi connectivity index (χ1v) is 6.53. The van der Waals surface area contributed by atoms with Crippen LogP contribution in [0.4, 0.5) is 14.5 Å². The second-order valence-electron chi connectivity index (χ2n) is 4.97. The van der Waals surface area contributed by atoms with E-state index < -0.39 is 22.7 Å². The number of methoxy groups -OCH3 is 1. The van der Waals surface area contributed by atoms with Crippen molar-refractivity contribution in [1.29, 1.82) is 0 Å². The molecule has 1 aliphatic rings. The van der Waals surface area contributed by atoms with Gasteiger partial charge in [0.1, 0.15) is 6.20 Å². The fourth-order valence-electron chi connectivity index (χ4n) is 2.62. The molecule has 7 nitrogen and oxygen atoms in total. The summed E-state index contributed by atoms with van der Waals surface area (Å²) in [6, 6.07) is -0.211. The van der Waals surface area contributed by atoms with Crippen LogP contribution in [-0.4, -0.2) is 27.8 Å². The van der Waals surface area contributed by atoms with Crippen molar-refractivity contribution in [1.82, 2.24) is 9.78 Å². The van der Waals surface area contributed by atoms with Gasteiger partial charge in [-0.25, -0.2) is 8.78 Å². The molecule has 0 aliphatic heterocycles. The van der Waals surface area contributed by atoms with Crippen molar-refractivity contribution in [2.75, 3.05) is 7.11 Å². The van der Waals surface area contributed by atoms with E-state index in [2.05, 4.69) is 9.84 Å². The number of halogens is 2. The van der Waals surface area contributed by atoms with Crippen LogP contribution in [0.15, 0.2) is 6.20 Å². The van der Waals surface area contributed by atoms with E-state index in [1.165, 1.54) is 11.8 Å². The van der Waals surface area contributed by atoms with E-state index >= 15 is 0 Å². The van der Waals surface area contributed by atoms with E-state index in [-0.39, 0.29) is 17.9 Å². The maximum atomic E-state index is 12.7. The fraction of sp³-hybridized carbons (Fsp3) is 0.667. The molecule has 0 N–H and O–H groups in total. The molecular weight excluding hydrogens is 288 g/mol. The van der Waals surface area contributed by atoms with Gasteiger partial charge in [0.05, 0.1) is 24.0 Å². The lowest BCUT2D eigenvalue weighted by Crippen LogP contribution is -2.24. The van der Waals surface area contributed by atoms with Crippen molar-refractivity contribution in [3.8, 4) is 0 Å². The van der Waals surface area contributed by atoms with Crippen LogP contribution in [0.2, 0.25) is 0 Å². The van der Waals surface area contributed by atoms with Crippen molar-refractivity contribution in [3.05, 3.63) is 22.0 Å². The van der Waals surface area contributed by atoms with Crippen molar-refractivity contribution in [3.63, 3.8) is 0 Å². The Morgan fingerprint density at radius 2 is 2.10 bits per heavy atom. The smallest absolute Gasteiger partial charge is 0.316 e. The Bertz CT molecular complexity index is 539. The maximum absolute atomic E-state index is 12.7. The molecule has 0 amide bonds. The maximum Gasteiger partial charge on any atom is 0.316 e. The van der Waals surface area contributed by atoms with Gasteiger partial charge in [0.2, 0.25) is 5.69 Å². The van der Waals surface area contributed by atoms with Crippen molar-refractivity contribution >= 4 is 11.7 Å². The average Bonchev–Trinajstić information content (AvgIpc) is 2.92. The van der Waals surface area contributed by atoms with Gasteiger partial charge in [0.15, 0.2) is 0 Å². The number of hydrogen-bond acceptors (Lipinski definition) is 5. The minimum absolute atomic E-state index is 0.202. The molecule has 1 saturated carbocycles. The third-order valence-electron chi connectivity index (χ3n) is 3.75. The third-order valence-corrected chi connectivity index (χ3v) is 3.75. The van der Waals surface area contributed by atoms with Crippen LogP contribution in [0.5, 0.6) is 0 Å². The second-order valence-corrected chi connectivity index (χ2v) is 4.97. The zero-order valence-electron chi connectivity index (χ0n) is 11.4. The standard InChI is InChI=1S/C12H15F2N3O4/c1-21-12(18)7-2-4-8(5-3-7)16-6-9(17(19)20)10(15-16)11(13)14/h6-8,11H,2-5H2,1H3/t7-,8-. The van der Waals surface area contributed by atoms with Crippen LogP contribution >= 0.6 is 0 Å². The Morgan fingerprint density at radius 3 is 2.52 bits per heavy atom. The summed E-state index contributed by atoms with van der Waals surface area (Å²) < 4.78 is 31.4. The molecule has 21 heavy (non-hydrogen) atoms. The Balaban J connectivity index is 2.12. The van der Waals surface area contributed by atoms with E-state index in [0.717, 1.165) is 6.20 Å². The van der Waals surface area contributed by atoms with Gasteiger partial charge in [-0.1, -0.05) is 0 Å². The molecular formula is C12H15F2N3O4. The first-order chi connectivity index (χ1) is 9.93. The summed E-state index contributed by atoms with van der Waals surface area (Å²) in [6.45, 7) is 0. The lowest BCUT2D eigenvalue weighted by Gasteiger charge is -2.26. The predicted molar refractivity (Wildman–Crippen MR) is 66.8 cm³/mol. The molecule has 0 saturated heterocycles. The van der Waals surface area contributed by atoms with Gasteiger partial charge in [-0.3, -0.25) is 19.6 Å². The highest BCUT2D eigenvalue weighted by Crippen LogP contribution is 2.35. The first kappa shape index (κ1) is 15.3. The molecule has 0 bridgehead atoms. The van der Waals surface area contributed by atoms with Gasteiger partial charge in [-0.2, -0.15) is 5.10 Å². The lowest BCUT2D eigenvalue weighted by molar-refractivity contribution is -0.386. The largest absolute Gasteiger partial charge is 0.469 e. The normalized spacial score (nSPS) is 22.3. The summed E-state index contributed by atoms with van der Waals surface area (Å²) in [5.74, 6) is -0.487. The molecule has 0 aromatic carbocycles. The van der Waals surface area contributed by atoms with Crippen LogP contribution in [-0.2, 0) is 9.53 Å². The minimum atomic E-state index is -2.99. The number of nitrogens with zero attached hydrogens (tertiary/aromatic N) is 3. The van der Waals surface area contributed by atoms with E-state index in [1.807, 2.05) is 0 Å². The number of esters is 1. The van der Waals surface area contributed by atoms with Crippen LogP contribution in [0, 0.1) is 16.0 Å². The number of alkyl halides is 2. The number of hydrogen-bond donors (Lipinski definition) is 0. The van der Waals surface area contributed by atoms with E-state index in [9.17, 15) is 23.7 Å². The average molecular weight is 303 g/mol. The van der Waals surface area contributed by atoms with E-state index in [4.69, 9.17) is 0 Å². The Kier molecular flexibility index (Phi) is 4.49. The predicted octanol–water partition coefficient (Wildman–Crippen LogP) is 2.63. The quantitative estimate of drug-likeness (QED) is 0.485. The zero-order chi connectivity index (χ0) is 15.6. The van der Waals surface area contributed by atoms with Gasteiger partial charge >= 0.3 is 11.7 Å². The Labute approximate surface area is 119 Å². The van der Waals surface area contributed by atoms with Gasteiger partial charge in [-0.05, 0) is 25.7 Å². The molecule has 116 valence electrons. The van der Waals surface area contributed by atoms with Gasteiger partial charge in [0, 0.05) is 0 Å². The number of rotatable bonds is 4. The molecule has 1 heterocycles. The number of ether oxygens (including phenoxy) is 1. The molecule has 1 aromatic rings. The summed E-state index contributed by atoms with van der Waals surface area (Å²) >= 11 is 0. The van der Waals surface area contributed by atoms with Gasteiger partial charge in [-0.15, -0.1) is 0 Å². The number of carbonyl (C=O) groups is 1. The molecule has 0 radical (unpaired) electrons. The van der Waals surface area contributed by atoms with Crippen LogP contribution < -0.4 is 0 Å². The van der Waals surface area contributed by atoms with Crippen LogP contribution in [0.3, 0.4) is 0 Å². The highest BCUT2D eigenvalue weighted by atomic mass is 19.3. The van der Waals surface area contributed by atoms with Gasteiger partial charge in [0.25, 0.3) is 6.43 Å². The zero-order valence-corrected chi connectivity index (χ0v) is 11.4. The van der Waals surface area contributed by atoms with Crippen molar-refractivity contribution in [2.45, 2.75) is 38.2 Å². The van der Waals surface area contributed by atoms with Gasteiger partial charge < -0.3 is 4.74 Å². The summed E-state index contributed by atoms with van der Waals surface area (Å²) in [6.07, 6.45) is 0.245. The minimum Gasteiger partial charge on any atom is -0.469 e. The summed E-state index contributed by atoms with van der Waals surface area (Å²) in [7, 11) is 1.32. The number of aromatic nitrogens is 2. The molecule has 9 heteroatoms. The summed E-state index contributed by atoms with van der Waals surface area (Å²) in [4.78, 5) is 21.3. The van der Waals surface area contributed by atoms with Crippen LogP contribution in [0.1, 0.15) is 43.8 Å². The number of carbonyl (C=O) groups excluding carboxylic acids is 1. The Hall–Kier alpha value is -2.06. The van der Waals surface area contributed by atoms with Crippen molar-refractivity contribution in [2.24, 2.45) is 5.92 Å². The SMILES string of the molecule is COC(=O)[C@H]1CC[C@H](n2cc([N+](=O)[O-])c(C(F)F)n2)CC1. The Morgan fingerprint density at radius 1 is 1.48 bits per heavy atom. The topological polar surface area (TPSA) is 87.3 Å². The van der Waals surface area contributed by atoms with E-state index in [0.29, 0.717) is 25.7 Å². The molecule has 0 atom stereocenters. The lowest BCUT2D eigenvalue weighted by atomic mass is 9.86. The monoisotopic (exact) mass is 303 g/mol. The molecule has 0 unspecified atom stereocenters. The highest BCUT2D eigenvalue weighted by molar-refractivity contribution is 5.72. The summed E-state index contributed by atoms with van der Waals surface area (Å²) in [5, 5.41) is 14.4. The third kappa shape index (κ3) is 3.17. The fourth-order valence-corrected chi connectivity index (χ4v) is 2.62. The first-order valence-electron chi connectivity index (χ1n) is 6.53. The van der Waals surface area contributed by atoms with E-state index in [1.54, 1.807) is 0 Å². The molecule has 1 aromatic heterocycles. The second kappa shape index (κ2) is 6.15. The molecule has 2 rings (SSSR count).